The molecule has 0 saturated carbocycles. The fourth-order valence-corrected chi connectivity index (χ4v) is 1.99. The smallest absolute Gasteiger partial charge is 0.200 e. The Bertz CT molecular complexity index is 468. The molecule has 0 aliphatic carbocycles. The Morgan fingerprint density at radius 1 is 1.50 bits per heavy atom. The molecular formula is C8H7BrN4S. The van der Waals surface area contributed by atoms with Crippen LogP contribution in [0.4, 0.5) is 5.13 Å². The van der Waals surface area contributed by atoms with Crippen molar-refractivity contribution in [1.82, 2.24) is 14.3 Å². The average Bonchev–Trinajstić information content (AvgIpc) is 2.51. The van der Waals surface area contributed by atoms with Crippen molar-refractivity contribution >= 4 is 32.6 Å². The molecule has 4 nitrogen and oxygen atoms in total. The number of nitrogens with two attached hydrogens (primary N) is 1. The van der Waals surface area contributed by atoms with E-state index >= 15 is 0 Å². The van der Waals surface area contributed by atoms with E-state index in [1.165, 1.54) is 11.5 Å². The molecule has 0 atom stereocenters. The minimum Gasteiger partial charge on any atom is -0.374 e. The van der Waals surface area contributed by atoms with Gasteiger partial charge in [-0.25, -0.2) is 0 Å². The number of hydrogen-bond acceptors (Lipinski definition) is 5. The lowest BCUT2D eigenvalue weighted by Gasteiger charge is -1.99. The van der Waals surface area contributed by atoms with E-state index in [1.807, 2.05) is 13.0 Å². The third-order valence-corrected chi connectivity index (χ3v) is 2.67. The summed E-state index contributed by atoms with van der Waals surface area (Å²) in [5.41, 5.74) is 7.31. The summed E-state index contributed by atoms with van der Waals surface area (Å²) < 4.78 is 5.05. The van der Waals surface area contributed by atoms with Crippen molar-refractivity contribution in [2.45, 2.75) is 6.92 Å². The second-order valence-corrected chi connectivity index (χ2v) is 4.47. The highest BCUT2D eigenvalue weighted by atomic mass is 79.9. The molecule has 0 saturated heterocycles. The van der Waals surface area contributed by atoms with Gasteiger partial charge in [0.25, 0.3) is 0 Å². The Hall–Kier alpha value is -1.01. The molecule has 0 bridgehead atoms. The molecule has 0 amide bonds. The van der Waals surface area contributed by atoms with Crippen LogP contribution in [0, 0.1) is 6.92 Å². The summed E-state index contributed by atoms with van der Waals surface area (Å²) in [6, 6.07) is 1.97. The molecule has 2 aromatic heterocycles. The van der Waals surface area contributed by atoms with E-state index < -0.39 is 0 Å². The van der Waals surface area contributed by atoms with E-state index in [2.05, 4.69) is 30.3 Å². The lowest BCUT2D eigenvalue weighted by atomic mass is 10.2. The third-order valence-electron chi connectivity index (χ3n) is 1.70. The van der Waals surface area contributed by atoms with Crippen LogP contribution >= 0.6 is 27.5 Å². The van der Waals surface area contributed by atoms with E-state index in [-0.39, 0.29) is 0 Å². The summed E-state index contributed by atoms with van der Waals surface area (Å²) in [5.74, 6) is 0.595. The topological polar surface area (TPSA) is 64.7 Å². The molecule has 2 rings (SSSR count). The molecule has 0 aromatic carbocycles. The fourth-order valence-electron chi connectivity index (χ4n) is 1.11. The predicted octanol–water partition coefficient (Wildman–Crippen LogP) is 2.25. The molecule has 0 aliphatic heterocycles. The largest absolute Gasteiger partial charge is 0.374 e. The SMILES string of the molecule is Cc1cc(Br)cnc1-c1nsc(N)n1. The molecule has 72 valence electrons. The Morgan fingerprint density at radius 2 is 2.29 bits per heavy atom. The monoisotopic (exact) mass is 270 g/mol. The number of hydrogen-bond donors (Lipinski definition) is 1. The molecule has 0 spiro atoms. The number of rotatable bonds is 1. The van der Waals surface area contributed by atoms with Crippen molar-refractivity contribution in [2.24, 2.45) is 0 Å². The molecule has 0 radical (unpaired) electrons. The van der Waals surface area contributed by atoms with Crippen LogP contribution in [0.2, 0.25) is 0 Å². The van der Waals surface area contributed by atoms with E-state index in [0.717, 1.165) is 15.7 Å². The standard InChI is InChI=1S/C8H7BrN4S/c1-4-2-5(9)3-11-6(4)7-12-8(10)14-13-7/h2-3H,1H3,(H2,10,12,13). The predicted molar refractivity (Wildman–Crippen MR) is 60.0 cm³/mol. The van der Waals surface area contributed by atoms with Gasteiger partial charge in [0.1, 0.15) is 5.69 Å². The highest BCUT2D eigenvalue weighted by Gasteiger charge is 2.09. The zero-order valence-corrected chi connectivity index (χ0v) is 9.76. The van der Waals surface area contributed by atoms with Gasteiger partial charge < -0.3 is 5.73 Å². The van der Waals surface area contributed by atoms with Gasteiger partial charge >= 0.3 is 0 Å². The lowest BCUT2D eigenvalue weighted by Crippen LogP contribution is -1.90. The molecular weight excluding hydrogens is 264 g/mol. The maximum atomic E-state index is 5.50. The number of aryl methyl sites for hydroxylation is 1. The van der Waals surface area contributed by atoms with Gasteiger partial charge in [-0.05, 0) is 34.5 Å². The number of nitrogens with zero attached hydrogens (tertiary/aromatic N) is 3. The van der Waals surface area contributed by atoms with Crippen LogP contribution in [0.25, 0.3) is 11.5 Å². The minimum absolute atomic E-state index is 0.462. The molecule has 6 heteroatoms. The van der Waals surface area contributed by atoms with Gasteiger partial charge in [0, 0.05) is 22.2 Å². The molecule has 14 heavy (non-hydrogen) atoms. The first-order valence-electron chi connectivity index (χ1n) is 3.88. The van der Waals surface area contributed by atoms with Crippen LogP contribution in [-0.4, -0.2) is 14.3 Å². The highest BCUT2D eigenvalue weighted by Crippen LogP contribution is 2.22. The Morgan fingerprint density at radius 3 is 2.86 bits per heavy atom. The highest BCUT2D eigenvalue weighted by molar-refractivity contribution is 9.10. The second-order valence-electron chi connectivity index (χ2n) is 2.78. The van der Waals surface area contributed by atoms with E-state index in [1.54, 1.807) is 6.20 Å². The van der Waals surface area contributed by atoms with Crippen LogP contribution in [0.3, 0.4) is 0 Å². The van der Waals surface area contributed by atoms with Crippen LogP contribution < -0.4 is 5.73 Å². The minimum atomic E-state index is 0.462. The van der Waals surface area contributed by atoms with Crippen molar-refractivity contribution in [1.29, 1.82) is 0 Å². The average molecular weight is 271 g/mol. The summed E-state index contributed by atoms with van der Waals surface area (Å²) in [7, 11) is 0. The lowest BCUT2D eigenvalue weighted by molar-refractivity contribution is 1.19. The number of nitrogen functional groups attached to an aromatic ring is 1. The molecule has 0 unspecified atom stereocenters. The van der Waals surface area contributed by atoms with E-state index in [9.17, 15) is 0 Å². The van der Waals surface area contributed by atoms with Gasteiger partial charge in [0.15, 0.2) is 11.0 Å². The van der Waals surface area contributed by atoms with E-state index in [0.29, 0.717) is 11.0 Å². The Balaban J connectivity index is 2.52. The maximum absolute atomic E-state index is 5.50. The first kappa shape index (κ1) is 9.54. The van der Waals surface area contributed by atoms with Crippen LogP contribution in [0.1, 0.15) is 5.56 Å². The van der Waals surface area contributed by atoms with Crippen molar-refractivity contribution in [2.75, 3.05) is 5.73 Å². The number of pyridine rings is 1. The van der Waals surface area contributed by atoms with Crippen LogP contribution in [0.15, 0.2) is 16.7 Å². The van der Waals surface area contributed by atoms with Crippen molar-refractivity contribution in [3.05, 3.63) is 22.3 Å². The molecule has 0 aliphatic rings. The van der Waals surface area contributed by atoms with Gasteiger partial charge in [0.2, 0.25) is 0 Å². The third kappa shape index (κ3) is 1.76. The quantitative estimate of drug-likeness (QED) is 0.864. The van der Waals surface area contributed by atoms with Crippen molar-refractivity contribution < 1.29 is 0 Å². The number of anilines is 1. The normalized spacial score (nSPS) is 10.4. The first-order chi connectivity index (χ1) is 6.66. The first-order valence-corrected chi connectivity index (χ1v) is 5.45. The zero-order valence-electron chi connectivity index (χ0n) is 7.36. The molecule has 2 N–H and O–H groups in total. The van der Waals surface area contributed by atoms with Crippen LogP contribution in [-0.2, 0) is 0 Å². The van der Waals surface area contributed by atoms with Crippen molar-refractivity contribution in [3.63, 3.8) is 0 Å². The maximum Gasteiger partial charge on any atom is 0.200 e. The van der Waals surface area contributed by atoms with Gasteiger partial charge in [-0.3, -0.25) is 4.98 Å². The zero-order chi connectivity index (χ0) is 10.1. The molecule has 2 heterocycles. The van der Waals surface area contributed by atoms with E-state index in [4.69, 9.17) is 5.73 Å². The fraction of sp³-hybridized carbons (Fsp3) is 0.125. The summed E-state index contributed by atoms with van der Waals surface area (Å²) in [5, 5.41) is 0.462. The van der Waals surface area contributed by atoms with Gasteiger partial charge in [-0.2, -0.15) is 9.36 Å². The summed E-state index contributed by atoms with van der Waals surface area (Å²) in [6.45, 7) is 1.96. The summed E-state index contributed by atoms with van der Waals surface area (Å²) >= 11 is 4.53. The van der Waals surface area contributed by atoms with Gasteiger partial charge in [-0.1, -0.05) is 0 Å². The summed E-state index contributed by atoms with van der Waals surface area (Å²) in [4.78, 5) is 8.32. The Kier molecular flexibility index (Phi) is 2.47. The van der Waals surface area contributed by atoms with Gasteiger partial charge in [-0.15, -0.1) is 0 Å². The van der Waals surface area contributed by atoms with Crippen LogP contribution in [0.5, 0.6) is 0 Å². The van der Waals surface area contributed by atoms with Gasteiger partial charge in [0.05, 0.1) is 0 Å². The molecule has 0 fully saturated rings. The Labute approximate surface area is 93.5 Å². The van der Waals surface area contributed by atoms with Crippen molar-refractivity contribution in [3.8, 4) is 11.5 Å². The summed E-state index contributed by atoms with van der Waals surface area (Å²) in [6.07, 6.45) is 1.72. The number of halogens is 1. The number of aromatic nitrogens is 3. The molecule has 2 aromatic rings. The second kappa shape index (κ2) is 3.62.